The topological polar surface area (TPSA) is 63.2 Å². The third-order valence-corrected chi connectivity index (χ3v) is 6.61. The van der Waals surface area contributed by atoms with Crippen LogP contribution in [0.1, 0.15) is 41.6 Å². The van der Waals surface area contributed by atoms with E-state index in [1.165, 1.54) is 0 Å². The molecule has 3 aliphatic rings. The van der Waals surface area contributed by atoms with Crippen molar-refractivity contribution in [2.45, 2.75) is 31.5 Å². The number of benzene rings is 3. The lowest BCUT2D eigenvalue weighted by Crippen LogP contribution is -2.55. The van der Waals surface area contributed by atoms with Gasteiger partial charge in [-0.15, -0.1) is 0 Å². The molecule has 3 aromatic carbocycles. The summed E-state index contributed by atoms with van der Waals surface area (Å²) in [6, 6.07) is 21.8. The van der Waals surface area contributed by atoms with Crippen LogP contribution in [0.2, 0.25) is 0 Å². The average Bonchev–Trinajstić information content (AvgIpc) is 3.40. The van der Waals surface area contributed by atoms with Crippen molar-refractivity contribution in [3.05, 3.63) is 89.0 Å². The van der Waals surface area contributed by atoms with Gasteiger partial charge in [0.25, 0.3) is 5.91 Å². The average molecular weight is 425 g/mol. The zero-order chi connectivity index (χ0) is 21.9. The number of aryl methyl sites for hydroxylation is 1. The predicted molar refractivity (Wildman–Crippen MR) is 122 cm³/mol. The number of fused-ring (bicyclic) bond motifs is 6. The molecular formula is C26H23N3O3. The molecule has 0 unspecified atom stereocenters. The van der Waals surface area contributed by atoms with Gasteiger partial charge in [-0.2, -0.15) is 5.10 Å². The number of para-hydroxylation sites is 1. The maximum Gasteiger partial charge on any atom is 0.306 e. The molecule has 3 heterocycles. The SMILES string of the molecule is CCc1ccc2c(c1)[C@@]1(Oc3ccccc3[C@@H]3CC(c4ccc(OC)cc4)=NN31)C(=O)N2. The molecule has 2 atom stereocenters. The third-order valence-electron chi connectivity index (χ3n) is 6.61. The minimum Gasteiger partial charge on any atom is -0.497 e. The highest BCUT2D eigenvalue weighted by Crippen LogP contribution is 2.54. The van der Waals surface area contributed by atoms with Crippen molar-refractivity contribution in [2.24, 2.45) is 5.10 Å². The van der Waals surface area contributed by atoms with E-state index in [0.717, 1.165) is 51.6 Å². The number of carbonyl (C=O) groups is 1. The molecule has 1 amide bonds. The quantitative estimate of drug-likeness (QED) is 0.666. The van der Waals surface area contributed by atoms with E-state index in [2.05, 4.69) is 24.4 Å². The van der Waals surface area contributed by atoms with Gasteiger partial charge in [0, 0.05) is 12.0 Å². The summed E-state index contributed by atoms with van der Waals surface area (Å²) in [6.07, 6.45) is 1.56. The molecule has 160 valence electrons. The molecule has 0 aliphatic carbocycles. The number of methoxy groups -OCH3 is 1. The molecule has 1 spiro atoms. The van der Waals surface area contributed by atoms with Crippen LogP contribution in [0.25, 0.3) is 0 Å². The second kappa shape index (κ2) is 6.85. The summed E-state index contributed by atoms with van der Waals surface area (Å²) in [4.78, 5) is 13.5. The third kappa shape index (κ3) is 2.52. The summed E-state index contributed by atoms with van der Waals surface area (Å²) < 4.78 is 11.8. The summed E-state index contributed by atoms with van der Waals surface area (Å²) >= 11 is 0. The number of amides is 1. The van der Waals surface area contributed by atoms with Gasteiger partial charge in [0.2, 0.25) is 0 Å². The summed E-state index contributed by atoms with van der Waals surface area (Å²) in [6.45, 7) is 2.11. The fourth-order valence-corrected chi connectivity index (χ4v) is 4.91. The molecule has 0 saturated carbocycles. The normalized spacial score (nSPS) is 22.6. The number of rotatable bonds is 3. The first kappa shape index (κ1) is 18.9. The van der Waals surface area contributed by atoms with Gasteiger partial charge in [-0.05, 0) is 60.0 Å². The van der Waals surface area contributed by atoms with Crippen molar-refractivity contribution in [3.8, 4) is 11.5 Å². The van der Waals surface area contributed by atoms with Crippen molar-refractivity contribution in [1.29, 1.82) is 0 Å². The number of ether oxygens (including phenoxy) is 2. The van der Waals surface area contributed by atoms with Crippen LogP contribution >= 0.6 is 0 Å². The van der Waals surface area contributed by atoms with Crippen molar-refractivity contribution in [3.63, 3.8) is 0 Å². The molecule has 3 aliphatic heterocycles. The lowest BCUT2D eigenvalue weighted by Gasteiger charge is -2.44. The molecule has 0 aromatic heterocycles. The second-order valence-electron chi connectivity index (χ2n) is 8.31. The van der Waals surface area contributed by atoms with E-state index < -0.39 is 5.72 Å². The summed E-state index contributed by atoms with van der Waals surface area (Å²) in [7, 11) is 1.65. The highest BCUT2D eigenvalue weighted by atomic mass is 16.5. The molecule has 6 heteroatoms. The standard InChI is InChI=1S/C26H23N3O3/c1-3-16-8-13-21-20(14-16)26(25(30)27-21)29-23(19-6-4-5-7-24(19)32-26)15-22(28-29)17-9-11-18(31-2)12-10-17/h4-14,23H,3,15H2,1-2H3,(H,27,30)/t23-,26+/m0/s1. The van der Waals surface area contributed by atoms with Crippen molar-refractivity contribution >= 4 is 17.3 Å². The second-order valence-corrected chi connectivity index (χ2v) is 8.31. The molecule has 0 bridgehead atoms. The van der Waals surface area contributed by atoms with Crippen LogP contribution in [0.5, 0.6) is 11.5 Å². The van der Waals surface area contributed by atoms with Gasteiger partial charge in [0.05, 0.1) is 30.1 Å². The summed E-state index contributed by atoms with van der Waals surface area (Å²) in [5, 5.41) is 9.90. The van der Waals surface area contributed by atoms with E-state index >= 15 is 0 Å². The Labute approximate surface area is 186 Å². The number of nitrogens with zero attached hydrogens (tertiary/aromatic N) is 2. The Kier molecular flexibility index (Phi) is 4.05. The maximum absolute atomic E-state index is 13.5. The minimum atomic E-state index is -1.33. The molecule has 32 heavy (non-hydrogen) atoms. The molecule has 0 saturated heterocycles. The van der Waals surface area contributed by atoms with E-state index in [1.54, 1.807) is 7.11 Å². The van der Waals surface area contributed by atoms with Gasteiger partial charge in [0.1, 0.15) is 11.5 Å². The highest BCUT2D eigenvalue weighted by molar-refractivity contribution is 6.07. The van der Waals surface area contributed by atoms with Crippen LogP contribution in [-0.2, 0) is 16.9 Å². The Morgan fingerprint density at radius 3 is 2.75 bits per heavy atom. The van der Waals surface area contributed by atoms with Crippen LogP contribution in [0.3, 0.4) is 0 Å². The minimum absolute atomic E-state index is 0.0981. The van der Waals surface area contributed by atoms with Crippen LogP contribution in [0.4, 0.5) is 5.69 Å². The number of nitrogens with one attached hydrogen (secondary N) is 1. The Bertz CT molecular complexity index is 1270. The largest absolute Gasteiger partial charge is 0.497 e. The zero-order valence-corrected chi connectivity index (χ0v) is 18.0. The fraction of sp³-hybridized carbons (Fsp3) is 0.231. The first-order valence-corrected chi connectivity index (χ1v) is 10.9. The van der Waals surface area contributed by atoms with Crippen molar-refractivity contribution < 1.29 is 14.3 Å². The van der Waals surface area contributed by atoms with E-state index in [4.69, 9.17) is 14.6 Å². The number of hydrogen-bond acceptors (Lipinski definition) is 5. The van der Waals surface area contributed by atoms with Crippen LogP contribution < -0.4 is 14.8 Å². The van der Waals surface area contributed by atoms with Crippen molar-refractivity contribution in [1.82, 2.24) is 5.01 Å². The van der Waals surface area contributed by atoms with E-state index in [0.29, 0.717) is 6.42 Å². The summed E-state index contributed by atoms with van der Waals surface area (Å²) in [5.74, 6) is 1.32. The molecule has 6 nitrogen and oxygen atoms in total. The van der Waals surface area contributed by atoms with Crippen LogP contribution in [0, 0.1) is 0 Å². The molecule has 1 N–H and O–H groups in total. The first-order valence-electron chi connectivity index (χ1n) is 10.9. The number of hydrogen-bond donors (Lipinski definition) is 1. The van der Waals surface area contributed by atoms with Gasteiger partial charge in [0.15, 0.2) is 0 Å². The fourth-order valence-electron chi connectivity index (χ4n) is 4.91. The van der Waals surface area contributed by atoms with Gasteiger partial charge >= 0.3 is 5.72 Å². The van der Waals surface area contributed by atoms with E-state index in [1.807, 2.05) is 59.6 Å². The van der Waals surface area contributed by atoms with Gasteiger partial charge in [-0.3, -0.25) is 4.79 Å². The smallest absolute Gasteiger partial charge is 0.306 e. The van der Waals surface area contributed by atoms with Gasteiger partial charge in [-0.25, -0.2) is 5.01 Å². The maximum atomic E-state index is 13.5. The zero-order valence-electron chi connectivity index (χ0n) is 18.0. The van der Waals surface area contributed by atoms with Crippen molar-refractivity contribution in [2.75, 3.05) is 12.4 Å². The monoisotopic (exact) mass is 425 g/mol. The van der Waals surface area contributed by atoms with Gasteiger partial charge < -0.3 is 14.8 Å². The van der Waals surface area contributed by atoms with Gasteiger partial charge in [-0.1, -0.05) is 31.2 Å². The Morgan fingerprint density at radius 2 is 1.97 bits per heavy atom. The lowest BCUT2D eigenvalue weighted by atomic mass is 9.91. The Morgan fingerprint density at radius 1 is 1.16 bits per heavy atom. The molecule has 3 aromatic rings. The Hall–Kier alpha value is -3.80. The number of hydrazone groups is 1. The van der Waals surface area contributed by atoms with Crippen LogP contribution in [0.15, 0.2) is 71.8 Å². The predicted octanol–water partition coefficient (Wildman–Crippen LogP) is 4.61. The lowest BCUT2D eigenvalue weighted by molar-refractivity contribution is -0.161. The van der Waals surface area contributed by atoms with E-state index in [9.17, 15) is 4.79 Å². The molecular weight excluding hydrogens is 402 g/mol. The molecule has 0 radical (unpaired) electrons. The molecule has 0 fully saturated rings. The number of anilines is 1. The van der Waals surface area contributed by atoms with E-state index in [-0.39, 0.29) is 11.9 Å². The summed E-state index contributed by atoms with van der Waals surface area (Å²) in [5.41, 5.74) is 4.39. The number of carbonyl (C=O) groups excluding carboxylic acids is 1. The molecule has 6 rings (SSSR count). The van der Waals surface area contributed by atoms with Crippen LogP contribution in [-0.4, -0.2) is 23.7 Å². The first-order chi connectivity index (χ1) is 15.6. The highest BCUT2D eigenvalue weighted by Gasteiger charge is 2.60. The Balaban J connectivity index is 1.54.